The molecule has 31 heavy (non-hydrogen) atoms. The Hall–Kier alpha value is -2.42. The van der Waals surface area contributed by atoms with E-state index in [4.69, 9.17) is 23.2 Å². The highest BCUT2D eigenvalue weighted by Gasteiger charge is 2.20. The van der Waals surface area contributed by atoms with Crippen molar-refractivity contribution in [3.8, 4) is 0 Å². The molecule has 162 valence electrons. The highest BCUT2D eigenvalue weighted by atomic mass is 35.5. The largest absolute Gasteiger partial charge is 0.334 e. The third kappa shape index (κ3) is 5.26. The topological polar surface area (TPSA) is 76.8 Å². The molecule has 1 aliphatic carbocycles. The van der Waals surface area contributed by atoms with Crippen LogP contribution in [0.4, 0.5) is 4.79 Å². The van der Waals surface area contributed by atoms with Gasteiger partial charge in [-0.05, 0) is 54.2 Å². The number of rotatable bonds is 6. The summed E-state index contributed by atoms with van der Waals surface area (Å²) in [6.07, 6.45) is 8.68. The maximum atomic E-state index is 12.1. The first-order chi connectivity index (χ1) is 15.0. The second kappa shape index (κ2) is 9.80. The Morgan fingerprint density at radius 2 is 2.13 bits per heavy atom. The first-order valence-electron chi connectivity index (χ1n) is 9.88. The number of hydrogen-bond donors (Lipinski definition) is 2. The molecule has 0 spiro atoms. The summed E-state index contributed by atoms with van der Waals surface area (Å²) in [6.45, 7) is 0.997. The Kier molecular flexibility index (Phi) is 6.89. The predicted octanol–water partition coefficient (Wildman–Crippen LogP) is 4.70. The number of fused-ring (bicyclic) bond motifs is 1. The van der Waals surface area contributed by atoms with Crippen LogP contribution in [0.3, 0.4) is 0 Å². The number of carbonyl (C=O) groups is 1. The van der Waals surface area contributed by atoms with Gasteiger partial charge in [-0.25, -0.2) is 4.79 Å². The second-order valence-corrected chi connectivity index (χ2v) is 8.87. The number of aromatic nitrogens is 4. The van der Waals surface area contributed by atoms with E-state index in [0.717, 1.165) is 35.5 Å². The summed E-state index contributed by atoms with van der Waals surface area (Å²) in [5.41, 5.74) is 4.48. The SMILES string of the molecule is Cn1nccc1SNC(=O)NC/C=C1\CCCc2cnn(Cc3ccc(Cl)cc3Cl)c21. The van der Waals surface area contributed by atoms with Gasteiger partial charge in [0.05, 0.1) is 24.6 Å². The quantitative estimate of drug-likeness (QED) is 0.505. The summed E-state index contributed by atoms with van der Waals surface area (Å²) in [5.74, 6) is 0. The summed E-state index contributed by atoms with van der Waals surface area (Å²) >= 11 is 13.6. The Labute approximate surface area is 194 Å². The Balaban J connectivity index is 1.41. The van der Waals surface area contributed by atoms with Crippen molar-refractivity contribution < 1.29 is 4.79 Å². The minimum atomic E-state index is -0.250. The molecule has 0 saturated carbocycles. The third-order valence-corrected chi connectivity index (χ3v) is 6.57. The molecule has 2 aromatic heterocycles. The van der Waals surface area contributed by atoms with Crippen molar-refractivity contribution in [1.29, 1.82) is 0 Å². The average Bonchev–Trinajstić information content (AvgIpc) is 3.35. The zero-order chi connectivity index (χ0) is 21.8. The Morgan fingerprint density at radius 1 is 1.26 bits per heavy atom. The molecule has 2 N–H and O–H groups in total. The van der Waals surface area contributed by atoms with Gasteiger partial charge in [0.2, 0.25) is 0 Å². The molecule has 2 heterocycles. The molecule has 2 amide bonds. The van der Waals surface area contributed by atoms with Gasteiger partial charge in [-0.2, -0.15) is 10.2 Å². The average molecular weight is 477 g/mol. The molecule has 1 aromatic carbocycles. The van der Waals surface area contributed by atoms with Crippen molar-refractivity contribution in [2.45, 2.75) is 30.8 Å². The van der Waals surface area contributed by atoms with Crippen LogP contribution in [-0.4, -0.2) is 32.1 Å². The Morgan fingerprint density at radius 3 is 2.90 bits per heavy atom. The van der Waals surface area contributed by atoms with Gasteiger partial charge in [-0.3, -0.25) is 14.1 Å². The fourth-order valence-corrected chi connectivity index (χ4v) is 4.61. The van der Waals surface area contributed by atoms with E-state index in [1.807, 2.05) is 36.1 Å². The smallest absolute Gasteiger partial charge is 0.325 e. The highest BCUT2D eigenvalue weighted by Crippen LogP contribution is 2.31. The minimum Gasteiger partial charge on any atom is -0.334 e. The number of nitrogens with one attached hydrogen (secondary N) is 2. The molecular weight excluding hydrogens is 455 g/mol. The van der Waals surface area contributed by atoms with Crippen LogP contribution in [0, 0.1) is 0 Å². The number of allylic oxidation sites excluding steroid dienone is 1. The lowest BCUT2D eigenvalue weighted by Gasteiger charge is -2.18. The first-order valence-corrected chi connectivity index (χ1v) is 11.4. The molecule has 0 bridgehead atoms. The standard InChI is InChI=1S/C21H22Cl2N6OS/c1-28-19(8-10-25-28)31-27-21(30)24-9-7-14-3-2-4-15-12-26-29(20(14)15)13-16-5-6-17(22)11-18(16)23/h5-8,10-12H,2-4,9,13H2,1H3,(H2,24,27,30)/b14-7+. The Bertz CT molecular complexity index is 1120. The molecule has 0 unspecified atom stereocenters. The lowest BCUT2D eigenvalue weighted by atomic mass is 9.92. The second-order valence-electron chi connectivity index (χ2n) is 7.20. The van der Waals surface area contributed by atoms with E-state index >= 15 is 0 Å². The number of urea groups is 1. The van der Waals surface area contributed by atoms with Crippen molar-refractivity contribution in [3.63, 3.8) is 0 Å². The van der Waals surface area contributed by atoms with Crippen LogP contribution >= 0.6 is 35.1 Å². The van der Waals surface area contributed by atoms with Crippen LogP contribution in [0.25, 0.3) is 5.57 Å². The molecular formula is C21H22Cl2N6OS. The van der Waals surface area contributed by atoms with E-state index in [0.29, 0.717) is 23.1 Å². The lowest BCUT2D eigenvalue weighted by Crippen LogP contribution is -2.31. The summed E-state index contributed by atoms with van der Waals surface area (Å²) in [5, 5.41) is 13.6. The van der Waals surface area contributed by atoms with Gasteiger partial charge in [-0.15, -0.1) is 0 Å². The number of carbonyl (C=O) groups excluding carboxylic acids is 1. The van der Waals surface area contributed by atoms with E-state index in [9.17, 15) is 4.79 Å². The van der Waals surface area contributed by atoms with Crippen LogP contribution in [0.15, 0.2) is 47.8 Å². The van der Waals surface area contributed by atoms with E-state index in [2.05, 4.69) is 26.3 Å². The minimum absolute atomic E-state index is 0.250. The summed E-state index contributed by atoms with van der Waals surface area (Å²) in [6, 6.07) is 7.10. The van der Waals surface area contributed by atoms with Gasteiger partial charge in [0.25, 0.3) is 0 Å². The van der Waals surface area contributed by atoms with Gasteiger partial charge >= 0.3 is 6.03 Å². The van der Waals surface area contributed by atoms with Crippen LogP contribution in [0.5, 0.6) is 0 Å². The van der Waals surface area contributed by atoms with Crippen LogP contribution in [0.1, 0.15) is 29.7 Å². The molecule has 0 aliphatic heterocycles. The van der Waals surface area contributed by atoms with E-state index in [-0.39, 0.29) is 6.03 Å². The summed E-state index contributed by atoms with van der Waals surface area (Å²) in [7, 11) is 1.83. The van der Waals surface area contributed by atoms with Gasteiger partial charge in [0, 0.05) is 35.6 Å². The van der Waals surface area contributed by atoms with Crippen molar-refractivity contribution in [2.75, 3.05) is 6.54 Å². The molecule has 0 radical (unpaired) electrons. The molecule has 3 aromatic rings. The fourth-order valence-electron chi connectivity index (χ4n) is 3.56. The van der Waals surface area contributed by atoms with Gasteiger partial charge < -0.3 is 5.32 Å². The van der Waals surface area contributed by atoms with Crippen LogP contribution in [0.2, 0.25) is 10.0 Å². The zero-order valence-corrected chi connectivity index (χ0v) is 19.3. The van der Waals surface area contributed by atoms with E-state index < -0.39 is 0 Å². The lowest BCUT2D eigenvalue weighted by molar-refractivity contribution is 0.247. The number of halogens is 2. The van der Waals surface area contributed by atoms with E-state index in [1.54, 1.807) is 16.9 Å². The maximum absolute atomic E-state index is 12.1. The number of hydrogen-bond acceptors (Lipinski definition) is 4. The normalized spacial score (nSPS) is 14.5. The number of benzene rings is 1. The van der Waals surface area contributed by atoms with Crippen molar-refractivity contribution in [2.24, 2.45) is 7.05 Å². The fraction of sp³-hybridized carbons (Fsp3) is 0.286. The van der Waals surface area contributed by atoms with Gasteiger partial charge in [0.15, 0.2) is 0 Å². The van der Waals surface area contributed by atoms with Crippen LogP contribution in [-0.2, 0) is 20.0 Å². The molecule has 4 rings (SSSR count). The van der Waals surface area contributed by atoms with Crippen LogP contribution < -0.4 is 10.0 Å². The summed E-state index contributed by atoms with van der Waals surface area (Å²) < 4.78 is 6.45. The predicted molar refractivity (Wildman–Crippen MR) is 124 cm³/mol. The highest BCUT2D eigenvalue weighted by molar-refractivity contribution is 7.97. The molecule has 7 nitrogen and oxygen atoms in total. The van der Waals surface area contributed by atoms with Gasteiger partial charge in [-0.1, -0.05) is 35.3 Å². The monoisotopic (exact) mass is 476 g/mol. The molecule has 0 fully saturated rings. The van der Waals surface area contributed by atoms with Crippen molar-refractivity contribution >= 4 is 46.8 Å². The number of aryl methyl sites for hydroxylation is 2. The number of amides is 2. The zero-order valence-electron chi connectivity index (χ0n) is 16.9. The molecule has 1 aliphatic rings. The molecule has 0 saturated heterocycles. The van der Waals surface area contributed by atoms with E-state index in [1.165, 1.54) is 23.1 Å². The molecule has 10 heteroatoms. The summed E-state index contributed by atoms with van der Waals surface area (Å²) in [4.78, 5) is 12.1. The van der Waals surface area contributed by atoms with Crippen molar-refractivity contribution in [3.05, 3.63) is 69.6 Å². The molecule has 0 atom stereocenters. The van der Waals surface area contributed by atoms with Gasteiger partial charge in [0.1, 0.15) is 5.03 Å². The maximum Gasteiger partial charge on any atom is 0.325 e. The first kappa shape index (κ1) is 21.8. The third-order valence-electron chi connectivity index (χ3n) is 5.08. The number of nitrogens with zero attached hydrogens (tertiary/aromatic N) is 4. The van der Waals surface area contributed by atoms with Crippen molar-refractivity contribution in [1.82, 2.24) is 29.6 Å².